The summed E-state index contributed by atoms with van der Waals surface area (Å²) >= 11 is 11.9. The topological polar surface area (TPSA) is 55.5 Å². The van der Waals surface area contributed by atoms with Crippen LogP contribution in [0.4, 0.5) is 0 Å². The highest BCUT2D eigenvalue weighted by molar-refractivity contribution is 6.42. The molecule has 0 bridgehead atoms. The van der Waals surface area contributed by atoms with Gasteiger partial charge in [-0.3, -0.25) is 0 Å². The number of aliphatic hydroxyl groups is 1. The van der Waals surface area contributed by atoms with Crippen molar-refractivity contribution in [2.75, 3.05) is 13.7 Å². The van der Waals surface area contributed by atoms with Crippen molar-refractivity contribution in [3.05, 3.63) is 63.6 Å². The Morgan fingerprint density at radius 1 is 1.14 bits per heavy atom. The first kappa shape index (κ1) is 16.1. The predicted octanol–water partition coefficient (Wildman–Crippen LogP) is 3.78. The highest BCUT2D eigenvalue weighted by atomic mass is 35.5. The van der Waals surface area contributed by atoms with Crippen LogP contribution < -0.4 is 10.5 Å². The van der Waals surface area contributed by atoms with E-state index in [0.717, 1.165) is 5.56 Å². The molecule has 5 heteroatoms. The summed E-state index contributed by atoms with van der Waals surface area (Å²) in [4.78, 5) is 0. The van der Waals surface area contributed by atoms with Gasteiger partial charge in [-0.15, -0.1) is 0 Å². The van der Waals surface area contributed by atoms with Crippen LogP contribution in [0.2, 0.25) is 10.0 Å². The first-order valence-corrected chi connectivity index (χ1v) is 7.30. The van der Waals surface area contributed by atoms with Crippen LogP contribution in [0.5, 0.6) is 5.75 Å². The number of rotatable bonds is 5. The fourth-order valence-corrected chi connectivity index (χ4v) is 2.63. The second-order valence-corrected chi connectivity index (χ2v) is 5.52. The Balaban J connectivity index is 2.38. The maximum atomic E-state index is 10.6. The van der Waals surface area contributed by atoms with E-state index in [4.69, 9.17) is 33.7 Å². The second kappa shape index (κ2) is 7.14. The molecule has 0 fully saturated rings. The molecule has 3 N–H and O–H groups in total. The second-order valence-electron chi connectivity index (χ2n) is 4.70. The van der Waals surface area contributed by atoms with E-state index in [2.05, 4.69) is 0 Å². The Labute approximate surface area is 134 Å². The number of ether oxygens (including phenoxy) is 1. The molecule has 2 atom stereocenters. The molecule has 0 heterocycles. The summed E-state index contributed by atoms with van der Waals surface area (Å²) in [5, 5.41) is 11.5. The predicted molar refractivity (Wildman–Crippen MR) is 86.2 cm³/mol. The average molecular weight is 326 g/mol. The fraction of sp³-hybridized carbons (Fsp3) is 0.250. The molecule has 0 aliphatic rings. The molecule has 0 saturated carbocycles. The number of para-hydroxylation sites is 1. The minimum Gasteiger partial charge on any atom is -0.496 e. The molecule has 2 aromatic rings. The van der Waals surface area contributed by atoms with Gasteiger partial charge in [0, 0.05) is 18.0 Å². The Hall–Kier alpha value is -1.26. The minimum atomic E-state index is -0.791. The first-order valence-electron chi connectivity index (χ1n) is 6.54. The van der Waals surface area contributed by atoms with E-state index in [-0.39, 0.29) is 12.5 Å². The summed E-state index contributed by atoms with van der Waals surface area (Å²) in [5.74, 6) is 0.408. The standard InChI is InChI=1S/C16H17Cl2NO2/c1-21-15-5-3-2-4-11(15)12(9-19)16(20)10-6-7-13(17)14(18)8-10/h2-8,12,16,20H,9,19H2,1H3. The monoisotopic (exact) mass is 325 g/mol. The SMILES string of the molecule is COc1ccccc1C(CN)C(O)c1ccc(Cl)c(Cl)c1. The summed E-state index contributed by atoms with van der Waals surface area (Å²) in [6.45, 7) is 0.280. The zero-order valence-corrected chi connectivity index (χ0v) is 13.1. The van der Waals surface area contributed by atoms with E-state index in [9.17, 15) is 5.11 Å². The van der Waals surface area contributed by atoms with Crippen molar-refractivity contribution in [1.29, 1.82) is 0 Å². The number of aliphatic hydroxyl groups excluding tert-OH is 1. The van der Waals surface area contributed by atoms with E-state index in [0.29, 0.717) is 21.4 Å². The van der Waals surface area contributed by atoms with Gasteiger partial charge in [-0.05, 0) is 23.8 Å². The maximum absolute atomic E-state index is 10.6. The van der Waals surface area contributed by atoms with Crippen LogP contribution in [0.1, 0.15) is 23.1 Å². The van der Waals surface area contributed by atoms with E-state index in [1.807, 2.05) is 24.3 Å². The summed E-state index contributed by atoms with van der Waals surface area (Å²) in [6, 6.07) is 12.6. The molecular formula is C16H17Cl2NO2. The number of hydrogen-bond donors (Lipinski definition) is 2. The lowest BCUT2D eigenvalue weighted by Crippen LogP contribution is -2.20. The summed E-state index contributed by atoms with van der Waals surface area (Å²) in [5.41, 5.74) is 7.39. The molecule has 0 aliphatic heterocycles. The average Bonchev–Trinajstić information content (AvgIpc) is 2.51. The van der Waals surface area contributed by atoms with E-state index in [1.54, 1.807) is 25.3 Å². The summed E-state index contributed by atoms with van der Waals surface area (Å²) < 4.78 is 5.34. The van der Waals surface area contributed by atoms with Crippen molar-refractivity contribution in [3.8, 4) is 5.75 Å². The van der Waals surface area contributed by atoms with Gasteiger partial charge in [0.25, 0.3) is 0 Å². The lowest BCUT2D eigenvalue weighted by Gasteiger charge is -2.24. The molecule has 2 aromatic carbocycles. The molecule has 112 valence electrons. The lowest BCUT2D eigenvalue weighted by atomic mass is 9.88. The van der Waals surface area contributed by atoms with Gasteiger partial charge in [0.15, 0.2) is 0 Å². The third kappa shape index (κ3) is 3.50. The van der Waals surface area contributed by atoms with Crippen LogP contribution in [0.15, 0.2) is 42.5 Å². The van der Waals surface area contributed by atoms with Crippen molar-refractivity contribution in [2.45, 2.75) is 12.0 Å². The van der Waals surface area contributed by atoms with E-state index in [1.165, 1.54) is 0 Å². The molecular weight excluding hydrogens is 309 g/mol. The van der Waals surface area contributed by atoms with Crippen molar-refractivity contribution < 1.29 is 9.84 Å². The van der Waals surface area contributed by atoms with E-state index < -0.39 is 6.10 Å². The highest BCUT2D eigenvalue weighted by Crippen LogP contribution is 2.36. The third-order valence-corrected chi connectivity index (χ3v) is 4.20. The van der Waals surface area contributed by atoms with Gasteiger partial charge in [0.2, 0.25) is 0 Å². The van der Waals surface area contributed by atoms with Crippen LogP contribution >= 0.6 is 23.2 Å². The van der Waals surface area contributed by atoms with Gasteiger partial charge >= 0.3 is 0 Å². The van der Waals surface area contributed by atoms with Crippen molar-refractivity contribution in [1.82, 2.24) is 0 Å². The van der Waals surface area contributed by atoms with Crippen LogP contribution in [-0.2, 0) is 0 Å². The van der Waals surface area contributed by atoms with Gasteiger partial charge < -0.3 is 15.6 Å². The number of hydrogen-bond acceptors (Lipinski definition) is 3. The quantitative estimate of drug-likeness (QED) is 0.879. The van der Waals surface area contributed by atoms with Crippen LogP contribution in [0, 0.1) is 0 Å². The molecule has 0 aromatic heterocycles. The Morgan fingerprint density at radius 3 is 2.48 bits per heavy atom. The lowest BCUT2D eigenvalue weighted by molar-refractivity contribution is 0.146. The molecule has 0 amide bonds. The third-order valence-electron chi connectivity index (χ3n) is 3.46. The largest absolute Gasteiger partial charge is 0.496 e. The maximum Gasteiger partial charge on any atom is 0.122 e. The molecule has 2 rings (SSSR count). The number of benzene rings is 2. The van der Waals surface area contributed by atoms with Gasteiger partial charge in [-0.25, -0.2) is 0 Å². The summed E-state index contributed by atoms with van der Waals surface area (Å²) in [7, 11) is 1.60. The summed E-state index contributed by atoms with van der Waals surface area (Å²) in [6.07, 6.45) is -0.791. The zero-order valence-electron chi connectivity index (χ0n) is 11.6. The van der Waals surface area contributed by atoms with Crippen LogP contribution in [-0.4, -0.2) is 18.8 Å². The zero-order chi connectivity index (χ0) is 15.4. The van der Waals surface area contributed by atoms with Crippen molar-refractivity contribution >= 4 is 23.2 Å². The fourth-order valence-electron chi connectivity index (χ4n) is 2.33. The normalized spacial score (nSPS) is 13.8. The Bertz CT molecular complexity index is 619. The molecule has 3 nitrogen and oxygen atoms in total. The molecule has 0 saturated heterocycles. The van der Waals surface area contributed by atoms with Crippen molar-refractivity contribution in [2.24, 2.45) is 5.73 Å². The van der Waals surface area contributed by atoms with Gasteiger partial charge in [-0.1, -0.05) is 47.5 Å². The Morgan fingerprint density at radius 2 is 1.86 bits per heavy atom. The molecule has 2 unspecified atom stereocenters. The van der Waals surface area contributed by atoms with Crippen molar-refractivity contribution in [3.63, 3.8) is 0 Å². The van der Waals surface area contributed by atoms with E-state index >= 15 is 0 Å². The molecule has 0 aliphatic carbocycles. The molecule has 0 spiro atoms. The number of methoxy groups -OCH3 is 1. The first-order chi connectivity index (χ1) is 10.1. The minimum absolute atomic E-state index is 0.280. The number of halogens is 2. The Kier molecular flexibility index (Phi) is 5.48. The number of nitrogens with two attached hydrogens (primary N) is 1. The smallest absolute Gasteiger partial charge is 0.122 e. The van der Waals surface area contributed by atoms with Crippen LogP contribution in [0.3, 0.4) is 0 Å². The van der Waals surface area contributed by atoms with Gasteiger partial charge in [0.05, 0.1) is 23.3 Å². The van der Waals surface area contributed by atoms with Gasteiger partial charge in [-0.2, -0.15) is 0 Å². The molecule has 21 heavy (non-hydrogen) atoms. The molecule has 0 radical (unpaired) electrons. The highest BCUT2D eigenvalue weighted by Gasteiger charge is 2.24. The van der Waals surface area contributed by atoms with Crippen LogP contribution in [0.25, 0.3) is 0 Å². The van der Waals surface area contributed by atoms with Gasteiger partial charge in [0.1, 0.15) is 5.75 Å².